The van der Waals surface area contributed by atoms with Gasteiger partial charge in [-0.2, -0.15) is 5.10 Å². The fourth-order valence-corrected chi connectivity index (χ4v) is 2.91. The third kappa shape index (κ3) is 3.62. The van der Waals surface area contributed by atoms with E-state index in [-0.39, 0.29) is 0 Å². The summed E-state index contributed by atoms with van der Waals surface area (Å²) in [5.41, 5.74) is 2.39. The normalized spacial score (nSPS) is 18.4. The molecule has 0 bridgehead atoms. The number of aryl methyl sites for hydroxylation is 1. The third-order valence-electron chi connectivity index (χ3n) is 4.24. The van der Waals surface area contributed by atoms with Gasteiger partial charge in [-0.1, -0.05) is 0 Å². The highest BCUT2D eigenvalue weighted by Crippen LogP contribution is 2.24. The smallest absolute Gasteiger partial charge is 0.132 e. The van der Waals surface area contributed by atoms with Gasteiger partial charge < -0.3 is 10.2 Å². The Morgan fingerprint density at radius 2 is 2.27 bits per heavy atom. The highest BCUT2D eigenvalue weighted by atomic mass is 15.2. The number of aromatic nitrogens is 4. The average Bonchev–Trinajstić information content (AvgIpc) is 3.06. The summed E-state index contributed by atoms with van der Waals surface area (Å²) >= 11 is 0. The van der Waals surface area contributed by atoms with E-state index >= 15 is 0 Å². The summed E-state index contributed by atoms with van der Waals surface area (Å²) in [4.78, 5) is 11.5. The zero-order valence-electron chi connectivity index (χ0n) is 13.3. The third-order valence-corrected chi connectivity index (χ3v) is 4.24. The number of aromatic amines is 1. The summed E-state index contributed by atoms with van der Waals surface area (Å²) < 4.78 is 0. The Morgan fingerprint density at radius 3 is 3.00 bits per heavy atom. The Balaban J connectivity index is 1.70. The molecule has 22 heavy (non-hydrogen) atoms. The molecule has 1 atom stereocenters. The Hall–Kier alpha value is -1.95. The van der Waals surface area contributed by atoms with Gasteiger partial charge in [0.15, 0.2) is 0 Å². The molecule has 118 valence electrons. The van der Waals surface area contributed by atoms with Crippen LogP contribution in [0.25, 0.3) is 0 Å². The lowest BCUT2D eigenvalue weighted by molar-refractivity contribution is 0.453. The number of piperidine rings is 1. The van der Waals surface area contributed by atoms with Gasteiger partial charge in [0, 0.05) is 38.3 Å². The van der Waals surface area contributed by atoms with Gasteiger partial charge in [0.2, 0.25) is 0 Å². The van der Waals surface area contributed by atoms with Crippen molar-refractivity contribution in [3.8, 4) is 0 Å². The van der Waals surface area contributed by atoms with Crippen LogP contribution >= 0.6 is 0 Å². The first-order chi connectivity index (χ1) is 10.7. The molecule has 1 aliphatic rings. The van der Waals surface area contributed by atoms with Crippen LogP contribution in [-0.2, 0) is 6.42 Å². The standard InChI is InChI=1S/C16H24N6/c1-12-20-15(14-4-3-6-17-11-14)8-16(21-12)22(2)7-5-13-9-18-19-10-13/h8-10,14,17H,3-7,11H2,1-2H3,(H,18,19)/t14-/m0/s1. The van der Waals surface area contributed by atoms with Crippen LogP contribution in [-0.4, -0.2) is 46.8 Å². The van der Waals surface area contributed by atoms with Gasteiger partial charge >= 0.3 is 0 Å². The predicted molar refractivity (Wildman–Crippen MR) is 87.2 cm³/mol. The summed E-state index contributed by atoms with van der Waals surface area (Å²) in [5, 5.41) is 10.3. The average molecular weight is 300 g/mol. The molecular formula is C16H24N6. The van der Waals surface area contributed by atoms with Crippen LogP contribution in [0.4, 0.5) is 5.82 Å². The lowest BCUT2D eigenvalue weighted by Gasteiger charge is -2.24. The predicted octanol–water partition coefficient (Wildman–Crippen LogP) is 1.65. The molecule has 2 aromatic heterocycles. The lowest BCUT2D eigenvalue weighted by Crippen LogP contribution is -2.29. The second-order valence-corrected chi connectivity index (χ2v) is 6.02. The van der Waals surface area contributed by atoms with Crippen molar-refractivity contribution in [2.45, 2.75) is 32.1 Å². The van der Waals surface area contributed by atoms with E-state index in [0.29, 0.717) is 5.92 Å². The Morgan fingerprint density at radius 1 is 1.36 bits per heavy atom. The van der Waals surface area contributed by atoms with Gasteiger partial charge in [0.1, 0.15) is 11.6 Å². The maximum absolute atomic E-state index is 4.66. The zero-order chi connectivity index (χ0) is 15.4. The summed E-state index contributed by atoms with van der Waals surface area (Å²) in [5.74, 6) is 2.38. The summed E-state index contributed by atoms with van der Waals surface area (Å²) in [6.07, 6.45) is 7.20. The van der Waals surface area contributed by atoms with Crippen molar-refractivity contribution >= 4 is 5.82 Å². The molecule has 0 aromatic carbocycles. The largest absolute Gasteiger partial charge is 0.359 e. The molecule has 0 radical (unpaired) electrons. The molecule has 1 fully saturated rings. The molecule has 2 N–H and O–H groups in total. The Kier molecular flexibility index (Phi) is 4.68. The van der Waals surface area contributed by atoms with Gasteiger partial charge in [-0.25, -0.2) is 9.97 Å². The molecule has 1 saturated heterocycles. The second-order valence-electron chi connectivity index (χ2n) is 6.02. The molecule has 3 heterocycles. The van der Waals surface area contributed by atoms with E-state index < -0.39 is 0 Å². The van der Waals surface area contributed by atoms with E-state index in [1.807, 2.05) is 19.3 Å². The van der Waals surface area contributed by atoms with Gasteiger partial charge in [-0.3, -0.25) is 5.10 Å². The van der Waals surface area contributed by atoms with Crippen LogP contribution in [0.15, 0.2) is 18.5 Å². The highest BCUT2D eigenvalue weighted by Gasteiger charge is 2.18. The molecule has 0 aliphatic carbocycles. The van der Waals surface area contributed by atoms with Crippen molar-refractivity contribution in [2.24, 2.45) is 0 Å². The molecule has 6 nitrogen and oxygen atoms in total. The van der Waals surface area contributed by atoms with Gasteiger partial charge in [-0.15, -0.1) is 0 Å². The Bertz CT molecular complexity index is 589. The topological polar surface area (TPSA) is 69.7 Å². The minimum absolute atomic E-state index is 0.511. The summed E-state index contributed by atoms with van der Waals surface area (Å²) in [6.45, 7) is 5.04. The first-order valence-electron chi connectivity index (χ1n) is 7.97. The Labute approximate surface area is 131 Å². The summed E-state index contributed by atoms with van der Waals surface area (Å²) in [6, 6.07) is 2.15. The number of likely N-dealkylation sites (N-methyl/N-ethyl adjacent to an activating group) is 1. The van der Waals surface area contributed by atoms with Crippen LogP contribution in [0, 0.1) is 6.92 Å². The maximum atomic E-state index is 4.66. The number of hydrogen-bond acceptors (Lipinski definition) is 5. The minimum Gasteiger partial charge on any atom is -0.359 e. The van der Waals surface area contributed by atoms with Gasteiger partial charge in [0.05, 0.1) is 11.9 Å². The van der Waals surface area contributed by atoms with Crippen molar-refractivity contribution < 1.29 is 0 Å². The van der Waals surface area contributed by atoms with E-state index in [2.05, 4.69) is 43.5 Å². The molecule has 6 heteroatoms. The monoisotopic (exact) mass is 300 g/mol. The molecule has 0 unspecified atom stereocenters. The van der Waals surface area contributed by atoms with Crippen LogP contribution in [0.5, 0.6) is 0 Å². The number of H-pyrrole nitrogens is 1. The number of rotatable bonds is 5. The van der Waals surface area contributed by atoms with Crippen LogP contribution in [0.1, 0.15) is 35.8 Å². The maximum Gasteiger partial charge on any atom is 0.132 e. The number of hydrogen-bond donors (Lipinski definition) is 2. The fourth-order valence-electron chi connectivity index (χ4n) is 2.91. The fraction of sp³-hybridized carbons (Fsp3) is 0.562. The van der Waals surface area contributed by atoms with Crippen LogP contribution in [0.3, 0.4) is 0 Å². The highest BCUT2D eigenvalue weighted by molar-refractivity contribution is 5.40. The van der Waals surface area contributed by atoms with E-state index in [0.717, 1.165) is 37.7 Å². The first-order valence-corrected chi connectivity index (χ1v) is 7.97. The molecule has 2 aromatic rings. The lowest BCUT2D eigenvalue weighted by atomic mass is 9.96. The molecule has 0 saturated carbocycles. The van der Waals surface area contributed by atoms with Crippen LogP contribution < -0.4 is 10.2 Å². The zero-order valence-corrected chi connectivity index (χ0v) is 13.3. The van der Waals surface area contributed by atoms with Crippen molar-refractivity contribution in [1.29, 1.82) is 0 Å². The van der Waals surface area contributed by atoms with Crippen LogP contribution in [0.2, 0.25) is 0 Å². The van der Waals surface area contributed by atoms with E-state index in [1.54, 1.807) is 0 Å². The number of nitrogens with one attached hydrogen (secondary N) is 2. The van der Waals surface area contributed by atoms with Crippen molar-refractivity contribution in [3.63, 3.8) is 0 Å². The summed E-state index contributed by atoms with van der Waals surface area (Å²) in [7, 11) is 2.09. The van der Waals surface area contributed by atoms with Gasteiger partial charge in [0.25, 0.3) is 0 Å². The van der Waals surface area contributed by atoms with Gasteiger partial charge in [-0.05, 0) is 38.3 Å². The number of nitrogens with zero attached hydrogens (tertiary/aromatic N) is 4. The van der Waals surface area contributed by atoms with Crippen molar-refractivity contribution in [2.75, 3.05) is 31.6 Å². The van der Waals surface area contributed by atoms with E-state index in [4.69, 9.17) is 0 Å². The molecular weight excluding hydrogens is 276 g/mol. The van der Waals surface area contributed by atoms with E-state index in [9.17, 15) is 0 Å². The molecule has 0 spiro atoms. The van der Waals surface area contributed by atoms with Crippen molar-refractivity contribution in [1.82, 2.24) is 25.5 Å². The SMILES string of the molecule is Cc1nc([C@H]2CCCNC2)cc(N(C)CCc2cn[nH]c2)n1. The minimum atomic E-state index is 0.511. The molecule has 0 amide bonds. The number of anilines is 1. The van der Waals surface area contributed by atoms with Crippen molar-refractivity contribution in [3.05, 3.63) is 35.5 Å². The molecule has 1 aliphatic heterocycles. The van der Waals surface area contributed by atoms with E-state index in [1.165, 1.54) is 24.1 Å². The molecule has 3 rings (SSSR count). The second kappa shape index (κ2) is 6.87. The first kappa shape index (κ1) is 15.0. The quantitative estimate of drug-likeness (QED) is 0.879.